The molecular formula is C23H26N2O5S. The van der Waals surface area contributed by atoms with E-state index in [1.807, 2.05) is 49.4 Å². The molecule has 0 aliphatic rings. The number of carbonyl (C=O) groups excluding carboxylic acids is 1. The molecule has 0 heterocycles. The molecule has 31 heavy (non-hydrogen) atoms. The van der Waals surface area contributed by atoms with Crippen molar-refractivity contribution in [3.8, 4) is 11.5 Å². The summed E-state index contributed by atoms with van der Waals surface area (Å²) < 4.78 is 37.8. The van der Waals surface area contributed by atoms with E-state index in [1.54, 1.807) is 0 Å². The van der Waals surface area contributed by atoms with Crippen molar-refractivity contribution in [2.75, 3.05) is 20.8 Å². The number of amides is 1. The second-order valence-corrected chi connectivity index (χ2v) is 8.79. The van der Waals surface area contributed by atoms with E-state index in [1.165, 1.54) is 32.4 Å². The summed E-state index contributed by atoms with van der Waals surface area (Å²) in [5.74, 6) is 0.505. The number of benzene rings is 3. The molecule has 1 amide bonds. The first-order chi connectivity index (χ1) is 14.9. The summed E-state index contributed by atoms with van der Waals surface area (Å²) in [4.78, 5) is 12.4. The number of hydrogen-bond donors (Lipinski definition) is 2. The van der Waals surface area contributed by atoms with Crippen molar-refractivity contribution >= 4 is 26.7 Å². The Kier molecular flexibility index (Phi) is 7.14. The Bertz CT molecular complexity index is 1170. The average molecular weight is 443 g/mol. The predicted molar refractivity (Wildman–Crippen MR) is 120 cm³/mol. The monoisotopic (exact) mass is 442 g/mol. The van der Waals surface area contributed by atoms with Gasteiger partial charge >= 0.3 is 0 Å². The zero-order valence-corrected chi connectivity index (χ0v) is 18.5. The van der Waals surface area contributed by atoms with Crippen LogP contribution in [0.5, 0.6) is 11.5 Å². The molecule has 8 heteroatoms. The maximum Gasteiger partial charge on any atom is 0.240 e. The number of methoxy groups -OCH3 is 2. The van der Waals surface area contributed by atoms with E-state index in [9.17, 15) is 13.2 Å². The Morgan fingerprint density at radius 1 is 0.968 bits per heavy atom. The molecule has 0 bridgehead atoms. The number of fused-ring (bicyclic) bond motifs is 1. The van der Waals surface area contributed by atoms with Gasteiger partial charge in [0.1, 0.15) is 0 Å². The minimum atomic E-state index is -3.79. The fourth-order valence-electron chi connectivity index (χ4n) is 3.39. The fraction of sp³-hybridized carbons (Fsp3) is 0.261. The van der Waals surface area contributed by atoms with Gasteiger partial charge in [0.2, 0.25) is 15.9 Å². The van der Waals surface area contributed by atoms with E-state index in [4.69, 9.17) is 9.47 Å². The second-order valence-electron chi connectivity index (χ2n) is 7.02. The number of hydrogen-bond acceptors (Lipinski definition) is 5. The SMILES string of the molecule is COc1ccc(S(=O)(=O)NCCC(=O)NC(C)c2cccc3ccccc23)cc1OC. The van der Waals surface area contributed by atoms with Gasteiger partial charge in [-0.1, -0.05) is 42.5 Å². The van der Waals surface area contributed by atoms with Crippen LogP contribution >= 0.6 is 0 Å². The molecule has 0 aromatic heterocycles. The molecule has 0 saturated heterocycles. The van der Waals surface area contributed by atoms with Gasteiger partial charge in [-0.25, -0.2) is 13.1 Å². The van der Waals surface area contributed by atoms with Crippen LogP contribution in [0.15, 0.2) is 65.6 Å². The average Bonchev–Trinajstić information content (AvgIpc) is 2.77. The Morgan fingerprint density at radius 3 is 2.42 bits per heavy atom. The Balaban J connectivity index is 1.59. The van der Waals surface area contributed by atoms with Crippen LogP contribution in [0.4, 0.5) is 0 Å². The zero-order chi connectivity index (χ0) is 22.4. The van der Waals surface area contributed by atoms with Gasteiger partial charge < -0.3 is 14.8 Å². The number of ether oxygens (including phenoxy) is 2. The van der Waals surface area contributed by atoms with Crippen LogP contribution in [-0.4, -0.2) is 35.1 Å². The highest BCUT2D eigenvalue weighted by molar-refractivity contribution is 7.89. The number of sulfonamides is 1. The summed E-state index contributed by atoms with van der Waals surface area (Å²) in [6, 6.07) is 18.0. The maximum absolute atomic E-state index is 12.5. The van der Waals surface area contributed by atoms with Crippen molar-refractivity contribution in [2.45, 2.75) is 24.3 Å². The van der Waals surface area contributed by atoms with E-state index in [-0.39, 0.29) is 29.8 Å². The molecule has 2 N–H and O–H groups in total. The molecule has 0 spiro atoms. The second kappa shape index (κ2) is 9.80. The minimum Gasteiger partial charge on any atom is -0.493 e. The van der Waals surface area contributed by atoms with Gasteiger partial charge in [-0.05, 0) is 35.4 Å². The minimum absolute atomic E-state index is 0.0155. The van der Waals surface area contributed by atoms with E-state index in [0.29, 0.717) is 11.5 Å². The molecule has 0 aliphatic carbocycles. The normalized spacial score (nSPS) is 12.4. The molecule has 1 unspecified atom stereocenters. The summed E-state index contributed by atoms with van der Waals surface area (Å²) in [5, 5.41) is 5.11. The lowest BCUT2D eigenvalue weighted by atomic mass is 9.99. The van der Waals surface area contributed by atoms with Crippen molar-refractivity contribution < 1.29 is 22.7 Å². The van der Waals surface area contributed by atoms with Gasteiger partial charge in [0.25, 0.3) is 0 Å². The zero-order valence-electron chi connectivity index (χ0n) is 17.7. The molecule has 0 aliphatic heterocycles. The van der Waals surface area contributed by atoms with Gasteiger partial charge in [-0.3, -0.25) is 4.79 Å². The Labute approximate surface area is 182 Å². The van der Waals surface area contributed by atoms with Crippen LogP contribution in [0.25, 0.3) is 10.8 Å². The lowest BCUT2D eigenvalue weighted by molar-refractivity contribution is -0.121. The van der Waals surface area contributed by atoms with Crippen LogP contribution in [0.1, 0.15) is 24.9 Å². The lowest BCUT2D eigenvalue weighted by Gasteiger charge is -2.17. The molecule has 0 fully saturated rings. The standard InChI is InChI=1S/C23H26N2O5S/c1-16(19-10-6-8-17-7-4-5-9-20(17)19)25-23(26)13-14-24-31(27,28)18-11-12-21(29-2)22(15-18)30-3/h4-12,15-16,24H,13-14H2,1-3H3,(H,25,26). The van der Waals surface area contributed by atoms with Gasteiger partial charge in [0.15, 0.2) is 11.5 Å². The quantitative estimate of drug-likeness (QED) is 0.530. The van der Waals surface area contributed by atoms with Crippen LogP contribution in [0, 0.1) is 0 Å². The van der Waals surface area contributed by atoms with Crippen LogP contribution in [0.3, 0.4) is 0 Å². The highest BCUT2D eigenvalue weighted by Gasteiger charge is 2.18. The number of carbonyl (C=O) groups is 1. The van der Waals surface area contributed by atoms with E-state index in [2.05, 4.69) is 10.0 Å². The summed E-state index contributed by atoms with van der Waals surface area (Å²) in [6.07, 6.45) is 0.0155. The molecule has 0 saturated carbocycles. The first-order valence-electron chi connectivity index (χ1n) is 9.84. The molecular weight excluding hydrogens is 416 g/mol. The summed E-state index contributed by atoms with van der Waals surface area (Å²) >= 11 is 0. The van der Waals surface area contributed by atoms with Crippen molar-refractivity contribution in [1.29, 1.82) is 0 Å². The molecule has 7 nitrogen and oxygen atoms in total. The van der Waals surface area contributed by atoms with Crippen molar-refractivity contribution in [3.05, 3.63) is 66.2 Å². The maximum atomic E-state index is 12.5. The Morgan fingerprint density at radius 2 is 1.68 bits per heavy atom. The molecule has 1 atom stereocenters. The van der Waals surface area contributed by atoms with E-state index in [0.717, 1.165) is 16.3 Å². The van der Waals surface area contributed by atoms with Crippen molar-refractivity contribution in [2.24, 2.45) is 0 Å². The summed E-state index contributed by atoms with van der Waals surface area (Å²) in [6.45, 7) is 1.89. The van der Waals surface area contributed by atoms with Gasteiger partial charge in [-0.2, -0.15) is 0 Å². The third-order valence-electron chi connectivity index (χ3n) is 4.98. The molecule has 164 valence electrons. The third-order valence-corrected chi connectivity index (χ3v) is 6.44. The largest absolute Gasteiger partial charge is 0.493 e. The first-order valence-corrected chi connectivity index (χ1v) is 11.3. The first kappa shape index (κ1) is 22.6. The highest BCUT2D eigenvalue weighted by Crippen LogP contribution is 2.29. The smallest absolute Gasteiger partial charge is 0.240 e. The topological polar surface area (TPSA) is 93.7 Å². The van der Waals surface area contributed by atoms with Gasteiger partial charge in [0, 0.05) is 19.0 Å². The molecule has 3 rings (SSSR count). The number of nitrogens with one attached hydrogen (secondary N) is 2. The summed E-state index contributed by atoms with van der Waals surface area (Å²) in [5.41, 5.74) is 1.01. The Hall–Kier alpha value is -3.10. The fourth-order valence-corrected chi connectivity index (χ4v) is 4.43. The lowest BCUT2D eigenvalue weighted by Crippen LogP contribution is -2.32. The van der Waals surface area contributed by atoms with Gasteiger partial charge in [0.05, 0.1) is 25.2 Å². The summed E-state index contributed by atoms with van der Waals surface area (Å²) in [7, 11) is -0.881. The molecule has 3 aromatic carbocycles. The molecule has 3 aromatic rings. The highest BCUT2D eigenvalue weighted by atomic mass is 32.2. The van der Waals surface area contributed by atoms with E-state index >= 15 is 0 Å². The predicted octanol–water partition coefficient (Wildman–Crippen LogP) is 3.40. The van der Waals surface area contributed by atoms with Crippen molar-refractivity contribution in [3.63, 3.8) is 0 Å². The van der Waals surface area contributed by atoms with Crippen molar-refractivity contribution in [1.82, 2.24) is 10.0 Å². The van der Waals surface area contributed by atoms with Gasteiger partial charge in [-0.15, -0.1) is 0 Å². The van der Waals surface area contributed by atoms with E-state index < -0.39 is 10.0 Å². The van der Waals surface area contributed by atoms with Crippen LogP contribution in [0.2, 0.25) is 0 Å². The van der Waals surface area contributed by atoms with Crippen LogP contribution < -0.4 is 19.5 Å². The number of rotatable bonds is 9. The van der Waals surface area contributed by atoms with Crippen LogP contribution in [-0.2, 0) is 14.8 Å². The third kappa shape index (κ3) is 5.34. The molecule has 0 radical (unpaired) electrons.